The van der Waals surface area contributed by atoms with Crippen LogP contribution in [0.25, 0.3) is 0 Å². The summed E-state index contributed by atoms with van der Waals surface area (Å²) in [6.07, 6.45) is 3.96. The maximum absolute atomic E-state index is 9.38. The summed E-state index contributed by atoms with van der Waals surface area (Å²) in [6.45, 7) is 2.94. The summed E-state index contributed by atoms with van der Waals surface area (Å²) < 4.78 is 0. The monoisotopic (exact) mass is 153 g/mol. The zero-order valence-electron chi connectivity index (χ0n) is 6.79. The van der Waals surface area contributed by atoms with Crippen molar-refractivity contribution in [1.82, 2.24) is 4.90 Å². The maximum Gasteiger partial charge on any atom is 0.0618 e. The van der Waals surface area contributed by atoms with E-state index in [0.717, 1.165) is 11.8 Å². The van der Waals surface area contributed by atoms with E-state index in [9.17, 15) is 5.11 Å². The first-order chi connectivity index (χ1) is 5.37. The van der Waals surface area contributed by atoms with Gasteiger partial charge in [-0.05, 0) is 37.6 Å². The lowest BCUT2D eigenvalue weighted by atomic mass is 9.93. The predicted molar refractivity (Wildman–Crippen MR) is 42.2 cm³/mol. The van der Waals surface area contributed by atoms with Gasteiger partial charge in [-0.1, -0.05) is 0 Å². The highest BCUT2D eigenvalue weighted by atomic mass is 16.3. The van der Waals surface area contributed by atoms with Gasteiger partial charge in [0, 0.05) is 12.1 Å². The molecule has 62 valence electrons. The van der Waals surface area contributed by atoms with Crippen molar-refractivity contribution in [2.24, 2.45) is 11.8 Å². The smallest absolute Gasteiger partial charge is 0.0618 e. The Balaban J connectivity index is 1.95. The van der Waals surface area contributed by atoms with Crippen molar-refractivity contribution in [3.63, 3.8) is 0 Å². The van der Waals surface area contributed by atoms with Crippen LogP contribution in [0.5, 0.6) is 0 Å². The highest BCUT2D eigenvalue weighted by Gasteiger charge is 2.62. The zero-order chi connectivity index (χ0) is 7.47. The molecule has 3 aliphatic rings. The fourth-order valence-electron chi connectivity index (χ4n) is 3.34. The summed E-state index contributed by atoms with van der Waals surface area (Å²) in [6, 6.07) is 0. The first-order valence-electron chi connectivity index (χ1n) is 4.73. The van der Waals surface area contributed by atoms with E-state index in [1.807, 2.05) is 0 Å². The van der Waals surface area contributed by atoms with Gasteiger partial charge in [-0.3, -0.25) is 4.90 Å². The summed E-state index contributed by atoms with van der Waals surface area (Å²) in [5.41, 5.74) is 0.269. The van der Waals surface area contributed by atoms with Crippen molar-refractivity contribution in [2.75, 3.05) is 19.7 Å². The summed E-state index contributed by atoms with van der Waals surface area (Å²) in [5.74, 6) is 1.83. The molecular formula is C9H15NO. The Kier molecular flexibility index (Phi) is 1.06. The molecule has 0 amide bonds. The van der Waals surface area contributed by atoms with Gasteiger partial charge in [-0.15, -0.1) is 0 Å². The van der Waals surface area contributed by atoms with Gasteiger partial charge in [0.2, 0.25) is 0 Å². The largest absolute Gasteiger partial charge is 0.394 e. The fourth-order valence-corrected chi connectivity index (χ4v) is 3.34. The molecule has 0 aromatic rings. The van der Waals surface area contributed by atoms with Crippen LogP contribution in [0.1, 0.15) is 19.3 Å². The molecule has 1 saturated carbocycles. The number of hydrogen-bond acceptors (Lipinski definition) is 2. The lowest BCUT2D eigenvalue weighted by molar-refractivity contribution is 0.0755. The fraction of sp³-hybridized carbons (Fsp3) is 1.00. The maximum atomic E-state index is 9.38. The quantitative estimate of drug-likeness (QED) is 0.591. The zero-order valence-corrected chi connectivity index (χ0v) is 6.79. The van der Waals surface area contributed by atoms with Crippen LogP contribution in [-0.2, 0) is 0 Å². The van der Waals surface area contributed by atoms with E-state index in [2.05, 4.69) is 4.90 Å². The lowest BCUT2D eigenvalue weighted by Gasteiger charge is -2.32. The Morgan fingerprint density at radius 3 is 3.18 bits per heavy atom. The van der Waals surface area contributed by atoms with E-state index >= 15 is 0 Å². The summed E-state index contributed by atoms with van der Waals surface area (Å²) >= 11 is 0. The van der Waals surface area contributed by atoms with Crippen LogP contribution in [0.15, 0.2) is 0 Å². The molecule has 0 aromatic heterocycles. The summed E-state index contributed by atoms with van der Waals surface area (Å²) in [4.78, 5) is 2.53. The summed E-state index contributed by atoms with van der Waals surface area (Å²) in [7, 11) is 0. The van der Waals surface area contributed by atoms with E-state index in [0.29, 0.717) is 6.61 Å². The van der Waals surface area contributed by atoms with Crippen molar-refractivity contribution < 1.29 is 5.11 Å². The molecule has 2 heteroatoms. The van der Waals surface area contributed by atoms with Crippen LogP contribution in [0.4, 0.5) is 0 Å². The number of aliphatic hydroxyl groups is 1. The standard InChI is InChI=1S/C9H15NO/c11-6-9-2-1-3-10(9)5-7-4-8(7)9/h7-8,11H,1-6H2/t7-,8-,9+/m0/s1. The second-order valence-corrected chi connectivity index (χ2v) is 4.41. The van der Waals surface area contributed by atoms with Crippen molar-refractivity contribution in [3.05, 3.63) is 0 Å². The molecule has 1 N–H and O–H groups in total. The Bertz CT molecular complexity index is 194. The van der Waals surface area contributed by atoms with Crippen LogP contribution >= 0.6 is 0 Å². The number of piperidine rings is 1. The number of nitrogens with zero attached hydrogens (tertiary/aromatic N) is 1. The van der Waals surface area contributed by atoms with Gasteiger partial charge in [0.25, 0.3) is 0 Å². The van der Waals surface area contributed by atoms with E-state index < -0.39 is 0 Å². The molecule has 3 atom stereocenters. The molecule has 2 aliphatic heterocycles. The van der Waals surface area contributed by atoms with Gasteiger partial charge < -0.3 is 5.11 Å². The minimum atomic E-state index is 0.269. The SMILES string of the molecule is OC[C@@]12CCCN1C[C@@H]1C[C@@H]12. The Hall–Kier alpha value is -0.0800. The minimum Gasteiger partial charge on any atom is -0.394 e. The van der Waals surface area contributed by atoms with Gasteiger partial charge in [0.1, 0.15) is 0 Å². The molecule has 1 aliphatic carbocycles. The van der Waals surface area contributed by atoms with Gasteiger partial charge in [-0.25, -0.2) is 0 Å². The Morgan fingerprint density at radius 2 is 2.45 bits per heavy atom. The summed E-state index contributed by atoms with van der Waals surface area (Å²) in [5, 5.41) is 9.38. The van der Waals surface area contributed by atoms with Crippen LogP contribution in [0.3, 0.4) is 0 Å². The van der Waals surface area contributed by atoms with Gasteiger partial charge >= 0.3 is 0 Å². The highest BCUT2D eigenvalue weighted by molar-refractivity contribution is 5.16. The third-order valence-corrected chi connectivity index (χ3v) is 4.01. The number of fused-ring (bicyclic) bond motifs is 3. The predicted octanol–water partition coefficient (Wildman–Crippen LogP) is 0.463. The molecule has 2 saturated heterocycles. The second-order valence-electron chi connectivity index (χ2n) is 4.41. The van der Waals surface area contributed by atoms with Crippen molar-refractivity contribution >= 4 is 0 Å². The second kappa shape index (κ2) is 1.80. The third-order valence-electron chi connectivity index (χ3n) is 4.01. The average Bonchev–Trinajstić information content (AvgIpc) is 2.59. The number of hydrogen-bond donors (Lipinski definition) is 1. The van der Waals surface area contributed by atoms with E-state index in [4.69, 9.17) is 0 Å². The van der Waals surface area contributed by atoms with Crippen molar-refractivity contribution in [3.8, 4) is 0 Å². The molecule has 3 fully saturated rings. The van der Waals surface area contributed by atoms with Gasteiger partial charge in [0.15, 0.2) is 0 Å². The van der Waals surface area contributed by atoms with Gasteiger partial charge in [0.05, 0.1) is 6.61 Å². The van der Waals surface area contributed by atoms with E-state index in [1.54, 1.807) is 0 Å². The molecule has 0 radical (unpaired) electrons. The number of aliphatic hydroxyl groups excluding tert-OH is 1. The molecule has 0 spiro atoms. The minimum absolute atomic E-state index is 0.269. The molecule has 2 heterocycles. The molecule has 0 bridgehead atoms. The Morgan fingerprint density at radius 1 is 1.55 bits per heavy atom. The average molecular weight is 153 g/mol. The van der Waals surface area contributed by atoms with Crippen LogP contribution in [0.2, 0.25) is 0 Å². The molecule has 11 heavy (non-hydrogen) atoms. The highest BCUT2D eigenvalue weighted by Crippen LogP contribution is 2.59. The first-order valence-corrected chi connectivity index (χ1v) is 4.73. The van der Waals surface area contributed by atoms with Crippen LogP contribution in [0, 0.1) is 11.8 Å². The normalized spacial score (nSPS) is 54.3. The topological polar surface area (TPSA) is 23.5 Å². The molecule has 0 aromatic carbocycles. The van der Waals surface area contributed by atoms with Crippen molar-refractivity contribution in [2.45, 2.75) is 24.8 Å². The molecule has 3 rings (SSSR count). The first kappa shape index (κ1) is 6.44. The third kappa shape index (κ3) is 0.611. The van der Waals surface area contributed by atoms with Crippen LogP contribution in [-0.4, -0.2) is 35.2 Å². The van der Waals surface area contributed by atoms with E-state index in [-0.39, 0.29) is 5.54 Å². The number of rotatable bonds is 1. The van der Waals surface area contributed by atoms with Gasteiger partial charge in [-0.2, -0.15) is 0 Å². The van der Waals surface area contributed by atoms with Crippen molar-refractivity contribution in [1.29, 1.82) is 0 Å². The molecule has 2 nitrogen and oxygen atoms in total. The molecule has 0 unspecified atom stereocenters. The molecular weight excluding hydrogens is 138 g/mol. The lowest BCUT2D eigenvalue weighted by Crippen LogP contribution is -2.45. The Labute approximate surface area is 67.2 Å². The van der Waals surface area contributed by atoms with E-state index in [1.165, 1.54) is 32.4 Å². The van der Waals surface area contributed by atoms with Crippen LogP contribution < -0.4 is 0 Å².